The van der Waals surface area contributed by atoms with Crippen molar-refractivity contribution in [3.8, 4) is 5.75 Å². The van der Waals surface area contributed by atoms with Crippen molar-refractivity contribution in [3.05, 3.63) is 102 Å². The quantitative estimate of drug-likeness (QED) is 0.106. The minimum absolute atomic E-state index is 0. The van der Waals surface area contributed by atoms with Gasteiger partial charge in [-0.3, -0.25) is 10.8 Å². The van der Waals surface area contributed by atoms with E-state index in [1.807, 2.05) is 65.6 Å². The van der Waals surface area contributed by atoms with E-state index >= 15 is 0 Å². The van der Waals surface area contributed by atoms with E-state index in [1.54, 1.807) is 19.9 Å². The lowest BCUT2D eigenvalue weighted by atomic mass is 10.0. The number of fused-ring (bicyclic) bond motifs is 1. The van der Waals surface area contributed by atoms with E-state index in [4.69, 9.17) is 26.0 Å². The summed E-state index contributed by atoms with van der Waals surface area (Å²) in [6.07, 6.45) is 0.920. The van der Waals surface area contributed by atoms with Crippen LogP contribution >= 0.6 is 24.8 Å². The number of ether oxygens (including phenoxy) is 2. The second-order valence-corrected chi connectivity index (χ2v) is 10.2. The number of nitrogen functional groups attached to an aromatic ring is 1. The Hall–Kier alpha value is -4.27. The Morgan fingerprint density at radius 2 is 1.70 bits per heavy atom. The lowest BCUT2D eigenvalue weighted by Gasteiger charge is -2.27. The van der Waals surface area contributed by atoms with Crippen LogP contribution in [0.5, 0.6) is 5.75 Å². The standard InChI is InChI=1S/C33H35N5O3.2ClH/c1-3-40-33(39)30-6-4-5-7-31(30)38(20-23-8-9-24-10-11-25(32(35)36)19-26(24)18-23)27-12-14-28(15-13-27)41-29-16-17-37(21-29)22(2)34;;/h4-15,18-19,29,34H,3,16-17,20-21H2,1-2H3,(H3,35,36);2*1H. The lowest BCUT2D eigenvalue weighted by molar-refractivity contribution is 0.0527. The highest BCUT2D eigenvalue weighted by Crippen LogP contribution is 2.33. The van der Waals surface area contributed by atoms with Crippen LogP contribution in [0.2, 0.25) is 0 Å². The number of nitrogens with zero attached hydrogens (tertiary/aromatic N) is 2. The molecule has 1 aliphatic rings. The zero-order chi connectivity index (χ0) is 28.9. The number of nitrogens with two attached hydrogens (primary N) is 1. The molecule has 10 heteroatoms. The molecule has 4 N–H and O–H groups in total. The van der Waals surface area contributed by atoms with Gasteiger partial charge >= 0.3 is 5.97 Å². The third-order valence-corrected chi connectivity index (χ3v) is 7.32. The van der Waals surface area contributed by atoms with Crippen LogP contribution in [0.15, 0.2) is 84.9 Å². The second kappa shape index (κ2) is 14.8. The van der Waals surface area contributed by atoms with Crippen molar-refractivity contribution in [2.24, 2.45) is 5.73 Å². The highest BCUT2D eigenvalue weighted by molar-refractivity contribution is 5.99. The third kappa shape index (κ3) is 7.77. The molecular weight excluding hydrogens is 585 g/mol. The fraction of sp³-hybridized carbons (Fsp3) is 0.242. The predicted molar refractivity (Wildman–Crippen MR) is 178 cm³/mol. The van der Waals surface area contributed by atoms with Crippen molar-refractivity contribution in [2.45, 2.75) is 32.9 Å². The molecule has 4 aromatic rings. The zero-order valence-electron chi connectivity index (χ0n) is 24.2. The topological polar surface area (TPSA) is 116 Å². The third-order valence-electron chi connectivity index (χ3n) is 7.32. The Kier molecular flexibility index (Phi) is 11.4. The summed E-state index contributed by atoms with van der Waals surface area (Å²) in [4.78, 5) is 17.1. The van der Waals surface area contributed by atoms with Gasteiger partial charge in [0.2, 0.25) is 0 Å². The van der Waals surface area contributed by atoms with Crippen molar-refractivity contribution >= 4 is 64.6 Å². The number of halogens is 2. The van der Waals surface area contributed by atoms with Gasteiger partial charge in [0.25, 0.3) is 0 Å². The van der Waals surface area contributed by atoms with Crippen LogP contribution in [0, 0.1) is 10.8 Å². The maximum atomic E-state index is 12.9. The van der Waals surface area contributed by atoms with Gasteiger partial charge in [-0.1, -0.05) is 36.4 Å². The number of carbonyl (C=O) groups excluding carboxylic acids is 1. The van der Waals surface area contributed by atoms with E-state index < -0.39 is 0 Å². The molecule has 4 aromatic carbocycles. The molecule has 226 valence electrons. The van der Waals surface area contributed by atoms with Gasteiger partial charge in [0.1, 0.15) is 17.7 Å². The van der Waals surface area contributed by atoms with Crippen molar-refractivity contribution in [1.29, 1.82) is 10.8 Å². The molecule has 0 amide bonds. The largest absolute Gasteiger partial charge is 0.489 e. The number of anilines is 2. The number of rotatable bonds is 9. The summed E-state index contributed by atoms with van der Waals surface area (Å²) in [5.74, 6) is 0.991. The Balaban J connectivity index is 0.00000253. The van der Waals surface area contributed by atoms with E-state index in [-0.39, 0.29) is 42.7 Å². The second-order valence-electron chi connectivity index (χ2n) is 10.2. The summed E-state index contributed by atoms with van der Waals surface area (Å²) in [5, 5.41) is 17.7. The first kappa shape index (κ1) is 33.2. The fourth-order valence-corrected chi connectivity index (χ4v) is 5.18. The molecular formula is C33H37Cl2N5O3. The van der Waals surface area contributed by atoms with Crippen molar-refractivity contribution in [1.82, 2.24) is 4.90 Å². The minimum atomic E-state index is -0.370. The number of hydrogen-bond acceptors (Lipinski definition) is 6. The zero-order valence-corrected chi connectivity index (χ0v) is 25.8. The normalized spacial score (nSPS) is 13.9. The molecule has 43 heavy (non-hydrogen) atoms. The highest BCUT2D eigenvalue weighted by Gasteiger charge is 2.24. The van der Waals surface area contributed by atoms with Crippen molar-refractivity contribution < 1.29 is 14.3 Å². The van der Waals surface area contributed by atoms with E-state index in [9.17, 15) is 4.79 Å². The highest BCUT2D eigenvalue weighted by atomic mass is 35.5. The summed E-state index contributed by atoms with van der Waals surface area (Å²) in [6.45, 7) is 5.93. The van der Waals surface area contributed by atoms with Gasteiger partial charge in [0.15, 0.2) is 0 Å². The first-order valence-corrected chi connectivity index (χ1v) is 13.8. The van der Waals surface area contributed by atoms with Gasteiger partial charge in [-0.15, -0.1) is 24.8 Å². The van der Waals surface area contributed by atoms with Gasteiger partial charge in [-0.25, -0.2) is 4.79 Å². The number of para-hydroxylation sites is 1. The van der Waals surface area contributed by atoms with E-state index in [0.717, 1.165) is 46.4 Å². The summed E-state index contributed by atoms with van der Waals surface area (Å²) >= 11 is 0. The molecule has 5 rings (SSSR count). The van der Waals surface area contributed by atoms with Gasteiger partial charge in [0.05, 0.1) is 30.2 Å². The molecule has 1 atom stereocenters. The van der Waals surface area contributed by atoms with Crippen LogP contribution in [-0.2, 0) is 11.3 Å². The van der Waals surface area contributed by atoms with Crippen molar-refractivity contribution in [3.63, 3.8) is 0 Å². The monoisotopic (exact) mass is 621 g/mol. The number of hydrogen-bond donors (Lipinski definition) is 3. The number of nitrogens with one attached hydrogen (secondary N) is 2. The van der Waals surface area contributed by atoms with Crippen LogP contribution in [0.3, 0.4) is 0 Å². The average Bonchev–Trinajstić information content (AvgIpc) is 3.45. The molecule has 0 bridgehead atoms. The minimum Gasteiger partial charge on any atom is -0.489 e. The summed E-state index contributed by atoms with van der Waals surface area (Å²) < 4.78 is 11.6. The molecule has 0 saturated carbocycles. The number of likely N-dealkylation sites (tertiary alicyclic amines) is 1. The molecule has 1 heterocycles. The first-order chi connectivity index (χ1) is 19.8. The molecule has 0 spiro atoms. The Morgan fingerprint density at radius 3 is 2.37 bits per heavy atom. The number of amidine groups is 2. The van der Waals surface area contributed by atoms with Crippen LogP contribution in [0.1, 0.15) is 41.8 Å². The molecule has 8 nitrogen and oxygen atoms in total. The molecule has 1 saturated heterocycles. The van der Waals surface area contributed by atoms with Crippen molar-refractivity contribution in [2.75, 3.05) is 24.6 Å². The smallest absolute Gasteiger partial charge is 0.340 e. The van der Waals surface area contributed by atoms with Gasteiger partial charge in [-0.2, -0.15) is 0 Å². The molecule has 1 fully saturated rings. The molecule has 1 unspecified atom stereocenters. The first-order valence-electron chi connectivity index (χ1n) is 13.8. The maximum absolute atomic E-state index is 12.9. The Morgan fingerprint density at radius 1 is 0.977 bits per heavy atom. The average molecular weight is 623 g/mol. The Bertz CT molecular complexity index is 1600. The summed E-state index contributed by atoms with van der Waals surface area (Å²) in [7, 11) is 0. The Labute approximate surface area is 264 Å². The summed E-state index contributed by atoms with van der Waals surface area (Å²) in [5.41, 5.74) is 9.57. The molecule has 1 aliphatic heterocycles. The molecule has 0 aliphatic carbocycles. The predicted octanol–water partition coefficient (Wildman–Crippen LogP) is 6.93. The SMILES string of the molecule is CCOC(=O)c1ccccc1N(Cc1ccc2ccc(C(=N)N)cc2c1)c1ccc(OC2CCN(C(C)=N)C2)cc1.Cl.Cl. The fourth-order valence-electron chi connectivity index (χ4n) is 5.18. The maximum Gasteiger partial charge on any atom is 0.340 e. The summed E-state index contributed by atoms with van der Waals surface area (Å²) in [6, 6.07) is 27.3. The molecule has 0 aromatic heterocycles. The van der Waals surface area contributed by atoms with Crippen LogP contribution in [-0.4, -0.2) is 48.3 Å². The van der Waals surface area contributed by atoms with E-state index in [0.29, 0.717) is 36.7 Å². The van der Waals surface area contributed by atoms with Crippen LogP contribution in [0.25, 0.3) is 10.8 Å². The number of carbonyl (C=O) groups is 1. The lowest BCUT2D eigenvalue weighted by Crippen LogP contribution is -2.28. The van der Waals surface area contributed by atoms with Gasteiger partial charge < -0.3 is 25.0 Å². The van der Waals surface area contributed by atoms with Crippen LogP contribution < -0.4 is 15.4 Å². The van der Waals surface area contributed by atoms with Gasteiger partial charge in [-0.05, 0) is 78.7 Å². The van der Waals surface area contributed by atoms with Gasteiger partial charge in [0, 0.05) is 30.8 Å². The number of benzene rings is 4. The van der Waals surface area contributed by atoms with E-state index in [1.165, 1.54) is 0 Å². The molecule has 0 radical (unpaired) electrons. The number of esters is 1. The van der Waals surface area contributed by atoms with E-state index in [2.05, 4.69) is 23.1 Å². The van der Waals surface area contributed by atoms with Crippen LogP contribution in [0.4, 0.5) is 11.4 Å².